The van der Waals surface area contributed by atoms with Gasteiger partial charge < -0.3 is 9.84 Å². The van der Waals surface area contributed by atoms with Gasteiger partial charge in [-0.2, -0.15) is 0 Å². The van der Waals surface area contributed by atoms with Gasteiger partial charge in [-0.15, -0.1) is 0 Å². The Morgan fingerprint density at radius 3 is 1.74 bits per heavy atom. The van der Waals surface area contributed by atoms with Crippen molar-refractivity contribution in [3.63, 3.8) is 0 Å². The first-order valence-electron chi connectivity index (χ1n) is 9.18. The van der Waals surface area contributed by atoms with Crippen molar-refractivity contribution in [2.45, 2.75) is 77.0 Å². The van der Waals surface area contributed by atoms with E-state index < -0.39 is 6.16 Å². The van der Waals surface area contributed by atoms with Crippen LogP contribution in [0.1, 0.15) is 76.2 Å². The Labute approximate surface area is 141 Å². The van der Waals surface area contributed by atoms with Crippen LogP contribution in [-0.2, 0) is 11.2 Å². The van der Waals surface area contributed by atoms with Crippen molar-refractivity contribution in [3.05, 3.63) is 35.9 Å². The number of unbranched alkanes of at least 4 members (excludes halogenated alkanes) is 10. The van der Waals surface area contributed by atoms with Gasteiger partial charge in [0.25, 0.3) is 0 Å². The van der Waals surface area contributed by atoms with Crippen LogP contribution in [0.4, 0.5) is 4.79 Å². The van der Waals surface area contributed by atoms with Crippen LogP contribution < -0.4 is 0 Å². The third-order valence-corrected chi connectivity index (χ3v) is 4.18. The lowest BCUT2D eigenvalue weighted by Gasteiger charge is -2.04. The SMILES string of the molecule is O=C(O)OCCCCCCCCCCCCCc1ccccc1. The standard InChI is InChI=1S/C20H32O3/c21-20(22)23-18-14-9-7-5-3-1-2-4-6-8-11-15-19-16-12-10-13-17-19/h10,12-13,16-17H,1-9,11,14-15,18H2,(H,21,22). The van der Waals surface area contributed by atoms with Gasteiger partial charge in [0, 0.05) is 0 Å². The molecule has 0 aliphatic rings. The molecule has 0 radical (unpaired) electrons. The fourth-order valence-electron chi connectivity index (χ4n) is 2.83. The van der Waals surface area contributed by atoms with Crippen LogP contribution >= 0.6 is 0 Å². The highest BCUT2D eigenvalue weighted by molar-refractivity contribution is 5.56. The molecule has 1 rings (SSSR count). The third kappa shape index (κ3) is 12.7. The summed E-state index contributed by atoms with van der Waals surface area (Å²) in [6.45, 7) is 0.346. The molecular weight excluding hydrogens is 288 g/mol. The second-order valence-corrected chi connectivity index (χ2v) is 6.24. The second-order valence-electron chi connectivity index (χ2n) is 6.24. The lowest BCUT2D eigenvalue weighted by Crippen LogP contribution is -2.01. The van der Waals surface area contributed by atoms with Gasteiger partial charge in [0.15, 0.2) is 0 Å². The van der Waals surface area contributed by atoms with Crippen LogP contribution in [0.2, 0.25) is 0 Å². The molecule has 0 amide bonds. The molecule has 0 aromatic heterocycles. The normalized spacial score (nSPS) is 10.6. The largest absolute Gasteiger partial charge is 0.505 e. The van der Waals surface area contributed by atoms with Crippen molar-refractivity contribution in [3.8, 4) is 0 Å². The fourth-order valence-corrected chi connectivity index (χ4v) is 2.83. The fraction of sp³-hybridized carbons (Fsp3) is 0.650. The summed E-state index contributed by atoms with van der Waals surface area (Å²) < 4.78 is 4.48. The van der Waals surface area contributed by atoms with Crippen LogP contribution in [-0.4, -0.2) is 17.9 Å². The first-order chi connectivity index (χ1) is 11.3. The second kappa shape index (κ2) is 14.1. The Bertz CT molecular complexity index is 389. The van der Waals surface area contributed by atoms with Crippen LogP contribution in [0.25, 0.3) is 0 Å². The van der Waals surface area contributed by atoms with Gasteiger partial charge in [0.2, 0.25) is 0 Å². The van der Waals surface area contributed by atoms with Crippen molar-refractivity contribution in [2.75, 3.05) is 6.61 Å². The van der Waals surface area contributed by atoms with E-state index in [4.69, 9.17) is 5.11 Å². The van der Waals surface area contributed by atoms with Gasteiger partial charge in [-0.3, -0.25) is 0 Å². The van der Waals surface area contributed by atoms with E-state index in [1.165, 1.54) is 69.8 Å². The van der Waals surface area contributed by atoms with E-state index in [9.17, 15) is 4.79 Å². The van der Waals surface area contributed by atoms with Gasteiger partial charge in [-0.05, 0) is 24.8 Å². The number of hydrogen-bond donors (Lipinski definition) is 1. The maximum absolute atomic E-state index is 10.2. The number of benzene rings is 1. The minimum atomic E-state index is -1.16. The molecule has 130 valence electrons. The molecule has 0 atom stereocenters. The van der Waals surface area contributed by atoms with Crippen LogP contribution in [0.15, 0.2) is 30.3 Å². The minimum Gasteiger partial charge on any atom is -0.450 e. The van der Waals surface area contributed by atoms with Crippen molar-refractivity contribution in [1.29, 1.82) is 0 Å². The van der Waals surface area contributed by atoms with Crippen molar-refractivity contribution >= 4 is 6.16 Å². The summed E-state index contributed by atoms with van der Waals surface area (Å²) in [5.74, 6) is 0. The number of aryl methyl sites for hydroxylation is 1. The molecule has 3 heteroatoms. The molecule has 0 saturated carbocycles. The molecule has 1 aromatic rings. The van der Waals surface area contributed by atoms with Crippen LogP contribution in [0.5, 0.6) is 0 Å². The Balaban J connectivity index is 1.74. The quantitative estimate of drug-likeness (QED) is 0.327. The van der Waals surface area contributed by atoms with Crippen molar-refractivity contribution in [1.82, 2.24) is 0 Å². The van der Waals surface area contributed by atoms with E-state index in [0.29, 0.717) is 6.61 Å². The number of carbonyl (C=O) groups is 1. The Morgan fingerprint density at radius 1 is 0.739 bits per heavy atom. The van der Waals surface area contributed by atoms with E-state index in [1.54, 1.807) is 0 Å². The van der Waals surface area contributed by atoms with Gasteiger partial charge in [0.05, 0.1) is 6.61 Å². The summed E-state index contributed by atoms with van der Waals surface area (Å²) in [6.07, 6.45) is 13.8. The number of ether oxygens (including phenoxy) is 1. The highest BCUT2D eigenvalue weighted by atomic mass is 16.7. The third-order valence-electron chi connectivity index (χ3n) is 4.18. The maximum Gasteiger partial charge on any atom is 0.505 e. The zero-order valence-corrected chi connectivity index (χ0v) is 14.3. The van der Waals surface area contributed by atoms with Crippen molar-refractivity contribution < 1.29 is 14.6 Å². The molecule has 0 heterocycles. The van der Waals surface area contributed by atoms with E-state index in [0.717, 1.165) is 12.8 Å². The molecule has 0 unspecified atom stereocenters. The summed E-state index contributed by atoms with van der Waals surface area (Å²) in [5.41, 5.74) is 1.46. The summed E-state index contributed by atoms with van der Waals surface area (Å²) in [4.78, 5) is 10.2. The highest BCUT2D eigenvalue weighted by Gasteiger charge is 1.97. The van der Waals surface area contributed by atoms with E-state index in [-0.39, 0.29) is 0 Å². The van der Waals surface area contributed by atoms with Gasteiger partial charge in [-0.25, -0.2) is 4.79 Å². The Hall–Kier alpha value is -1.51. The molecule has 23 heavy (non-hydrogen) atoms. The van der Waals surface area contributed by atoms with Gasteiger partial charge in [0.1, 0.15) is 0 Å². The smallest absolute Gasteiger partial charge is 0.450 e. The van der Waals surface area contributed by atoms with E-state index in [1.807, 2.05) is 0 Å². The average Bonchev–Trinajstić information content (AvgIpc) is 2.56. The molecule has 0 spiro atoms. The molecule has 0 bridgehead atoms. The summed E-state index contributed by atoms with van der Waals surface area (Å²) in [7, 11) is 0. The molecule has 0 saturated heterocycles. The van der Waals surface area contributed by atoms with E-state index >= 15 is 0 Å². The maximum atomic E-state index is 10.2. The predicted octanol–water partition coefficient (Wildman–Crippen LogP) is 6.21. The summed E-state index contributed by atoms with van der Waals surface area (Å²) >= 11 is 0. The Morgan fingerprint density at radius 2 is 1.22 bits per heavy atom. The van der Waals surface area contributed by atoms with Crippen molar-refractivity contribution in [2.24, 2.45) is 0 Å². The molecule has 0 aliphatic carbocycles. The molecule has 1 aromatic carbocycles. The molecular formula is C20H32O3. The zero-order chi connectivity index (χ0) is 16.6. The molecule has 0 aliphatic heterocycles. The van der Waals surface area contributed by atoms with Gasteiger partial charge >= 0.3 is 6.16 Å². The number of carboxylic acid groups (broad SMARTS) is 1. The lowest BCUT2D eigenvalue weighted by molar-refractivity contribution is 0.0899. The zero-order valence-electron chi connectivity index (χ0n) is 14.3. The van der Waals surface area contributed by atoms with E-state index in [2.05, 4.69) is 35.1 Å². The Kier molecular flexibility index (Phi) is 12.0. The molecule has 3 nitrogen and oxygen atoms in total. The minimum absolute atomic E-state index is 0.346. The summed E-state index contributed by atoms with van der Waals surface area (Å²) in [6, 6.07) is 10.7. The first kappa shape index (κ1) is 19.5. The van der Waals surface area contributed by atoms with Crippen LogP contribution in [0, 0.1) is 0 Å². The van der Waals surface area contributed by atoms with Gasteiger partial charge in [-0.1, -0.05) is 88.1 Å². The number of rotatable bonds is 14. The summed E-state index contributed by atoms with van der Waals surface area (Å²) in [5, 5.41) is 8.33. The predicted molar refractivity (Wildman–Crippen MR) is 94.9 cm³/mol. The average molecular weight is 320 g/mol. The molecule has 0 fully saturated rings. The number of hydrogen-bond acceptors (Lipinski definition) is 2. The topological polar surface area (TPSA) is 46.5 Å². The lowest BCUT2D eigenvalue weighted by atomic mass is 10.0. The van der Waals surface area contributed by atoms with Crippen LogP contribution in [0.3, 0.4) is 0 Å². The monoisotopic (exact) mass is 320 g/mol. The highest BCUT2D eigenvalue weighted by Crippen LogP contribution is 2.12. The molecule has 1 N–H and O–H groups in total. The first-order valence-corrected chi connectivity index (χ1v) is 9.18.